The first-order valence-electron chi connectivity index (χ1n) is 7.83. The third-order valence-corrected chi connectivity index (χ3v) is 9.33. The average molecular weight is 308 g/mol. The molecule has 1 aromatic rings. The van der Waals surface area contributed by atoms with Gasteiger partial charge < -0.3 is 15.5 Å². The van der Waals surface area contributed by atoms with Crippen LogP contribution >= 0.6 is 0 Å². The Bertz CT molecular complexity index is 467. The molecule has 1 aromatic heterocycles. The number of anilines is 2. The lowest BCUT2D eigenvalue weighted by Crippen LogP contribution is -2.43. The summed E-state index contributed by atoms with van der Waals surface area (Å²) < 4.78 is 6.51. The van der Waals surface area contributed by atoms with Gasteiger partial charge in [-0.3, -0.25) is 0 Å². The summed E-state index contributed by atoms with van der Waals surface area (Å²) in [7, 11) is -1.66. The maximum absolute atomic E-state index is 6.51. The maximum atomic E-state index is 6.51. The zero-order valence-electron chi connectivity index (χ0n) is 13.9. The monoisotopic (exact) mass is 307 g/mol. The van der Waals surface area contributed by atoms with E-state index in [2.05, 4.69) is 44.2 Å². The molecule has 1 heterocycles. The third kappa shape index (κ3) is 4.20. The molecular formula is C16H29N3OSi. The molecule has 5 heteroatoms. The van der Waals surface area contributed by atoms with Crippen molar-refractivity contribution < 1.29 is 4.43 Å². The van der Waals surface area contributed by atoms with Gasteiger partial charge in [0.2, 0.25) is 0 Å². The van der Waals surface area contributed by atoms with E-state index in [-0.39, 0.29) is 5.04 Å². The van der Waals surface area contributed by atoms with Crippen molar-refractivity contribution >= 4 is 19.8 Å². The Morgan fingerprint density at radius 2 is 2.00 bits per heavy atom. The van der Waals surface area contributed by atoms with Gasteiger partial charge in [-0.25, -0.2) is 4.98 Å². The number of hydrogen-bond donors (Lipinski definition) is 2. The first-order chi connectivity index (χ1) is 9.67. The highest BCUT2D eigenvalue weighted by Gasteiger charge is 2.40. The Balaban J connectivity index is 1.88. The summed E-state index contributed by atoms with van der Waals surface area (Å²) in [4.78, 5) is 4.31. The highest BCUT2D eigenvalue weighted by molar-refractivity contribution is 6.74. The zero-order chi connectivity index (χ0) is 15.7. The quantitative estimate of drug-likeness (QED) is 0.825. The number of nitrogens with two attached hydrogens (primary N) is 1. The fourth-order valence-corrected chi connectivity index (χ4v) is 3.87. The van der Waals surface area contributed by atoms with Gasteiger partial charge in [0.25, 0.3) is 0 Å². The number of nitrogen functional groups attached to an aromatic ring is 1. The summed E-state index contributed by atoms with van der Waals surface area (Å²) in [5.41, 5.74) is 6.36. The average Bonchev–Trinajstić information content (AvgIpc) is 2.77. The molecule has 1 aliphatic carbocycles. The van der Waals surface area contributed by atoms with Crippen molar-refractivity contribution in [1.29, 1.82) is 0 Å². The van der Waals surface area contributed by atoms with Gasteiger partial charge in [0.1, 0.15) is 5.82 Å². The SMILES string of the molecule is CC(C)(C)[Si](C)(C)O[C@H]1CC[C@@H](Nc2ccc(N)cn2)C1. The van der Waals surface area contributed by atoms with Crippen molar-refractivity contribution in [3.63, 3.8) is 0 Å². The number of aromatic nitrogens is 1. The minimum atomic E-state index is -1.66. The van der Waals surface area contributed by atoms with Gasteiger partial charge in [-0.15, -0.1) is 0 Å². The lowest BCUT2D eigenvalue weighted by Gasteiger charge is -2.38. The predicted octanol–water partition coefficient (Wildman–Crippen LogP) is 4.02. The van der Waals surface area contributed by atoms with Crippen LogP contribution in [0.3, 0.4) is 0 Å². The Morgan fingerprint density at radius 1 is 1.29 bits per heavy atom. The van der Waals surface area contributed by atoms with E-state index in [0.29, 0.717) is 17.8 Å². The van der Waals surface area contributed by atoms with E-state index in [0.717, 1.165) is 25.1 Å². The van der Waals surface area contributed by atoms with E-state index in [9.17, 15) is 0 Å². The fraction of sp³-hybridized carbons (Fsp3) is 0.688. The summed E-state index contributed by atoms with van der Waals surface area (Å²) >= 11 is 0. The second-order valence-corrected chi connectivity index (χ2v) is 12.4. The van der Waals surface area contributed by atoms with Crippen LogP contribution in [-0.4, -0.2) is 25.4 Å². The van der Waals surface area contributed by atoms with Gasteiger partial charge in [-0.05, 0) is 49.5 Å². The van der Waals surface area contributed by atoms with Crippen LogP contribution in [0.2, 0.25) is 18.1 Å². The van der Waals surface area contributed by atoms with Gasteiger partial charge in [0, 0.05) is 12.1 Å². The van der Waals surface area contributed by atoms with E-state index < -0.39 is 8.32 Å². The van der Waals surface area contributed by atoms with Crippen LogP contribution in [0.25, 0.3) is 0 Å². The molecule has 0 radical (unpaired) electrons. The first-order valence-corrected chi connectivity index (χ1v) is 10.7. The van der Waals surface area contributed by atoms with E-state index in [1.54, 1.807) is 6.20 Å². The van der Waals surface area contributed by atoms with Crippen molar-refractivity contribution in [3.8, 4) is 0 Å². The molecular weight excluding hydrogens is 278 g/mol. The van der Waals surface area contributed by atoms with Crippen molar-refractivity contribution in [1.82, 2.24) is 4.98 Å². The van der Waals surface area contributed by atoms with Gasteiger partial charge in [0.05, 0.1) is 11.9 Å². The van der Waals surface area contributed by atoms with E-state index >= 15 is 0 Å². The highest BCUT2D eigenvalue weighted by Crippen LogP contribution is 2.39. The Kier molecular flexibility index (Phi) is 4.63. The molecule has 2 rings (SSSR count). The lowest BCUT2D eigenvalue weighted by molar-refractivity contribution is 0.187. The van der Waals surface area contributed by atoms with Crippen LogP contribution in [0.5, 0.6) is 0 Å². The number of hydrogen-bond acceptors (Lipinski definition) is 4. The second-order valence-electron chi connectivity index (χ2n) is 7.63. The molecule has 1 fully saturated rings. The molecule has 0 bridgehead atoms. The molecule has 4 nitrogen and oxygen atoms in total. The van der Waals surface area contributed by atoms with E-state index in [1.165, 1.54) is 0 Å². The standard InChI is InChI=1S/C16H29N3OSi/c1-16(2,3)21(4,5)20-14-8-7-13(10-14)19-15-9-6-12(17)11-18-15/h6,9,11,13-14H,7-8,10,17H2,1-5H3,(H,18,19)/t13-,14+/m1/s1. The molecule has 2 atom stereocenters. The van der Waals surface area contributed by atoms with Crippen LogP contribution in [0.15, 0.2) is 18.3 Å². The predicted molar refractivity (Wildman–Crippen MR) is 92.0 cm³/mol. The number of rotatable bonds is 4. The van der Waals surface area contributed by atoms with Gasteiger partial charge >= 0.3 is 0 Å². The zero-order valence-corrected chi connectivity index (χ0v) is 14.9. The normalized spacial score (nSPS) is 23.3. The Labute approximate surface area is 129 Å². The molecule has 0 saturated heterocycles. The van der Waals surface area contributed by atoms with Crippen LogP contribution in [0, 0.1) is 0 Å². The summed E-state index contributed by atoms with van der Waals surface area (Å²) in [5.74, 6) is 0.905. The summed E-state index contributed by atoms with van der Waals surface area (Å²) in [6.45, 7) is 11.5. The molecule has 0 spiro atoms. The van der Waals surface area contributed by atoms with Crippen molar-refractivity contribution in [3.05, 3.63) is 18.3 Å². The van der Waals surface area contributed by atoms with Crippen LogP contribution in [0.1, 0.15) is 40.0 Å². The van der Waals surface area contributed by atoms with E-state index in [1.807, 2.05) is 12.1 Å². The van der Waals surface area contributed by atoms with Gasteiger partial charge in [0.15, 0.2) is 8.32 Å². The van der Waals surface area contributed by atoms with Crippen LogP contribution in [0.4, 0.5) is 11.5 Å². The van der Waals surface area contributed by atoms with Gasteiger partial charge in [-0.2, -0.15) is 0 Å². The van der Waals surface area contributed by atoms with Crippen molar-refractivity contribution in [2.24, 2.45) is 0 Å². The molecule has 21 heavy (non-hydrogen) atoms. The van der Waals surface area contributed by atoms with Gasteiger partial charge in [-0.1, -0.05) is 20.8 Å². The summed E-state index contributed by atoms with van der Waals surface area (Å²) in [6.07, 6.45) is 5.43. The minimum absolute atomic E-state index is 0.275. The molecule has 1 aliphatic rings. The highest BCUT2D eigenvalue weighted by atomic mass is 28.4. The fourth-order valence-electron chi connectivity index (χ4n) is 2.47. The second kappa shape index (κ2) is 5.97. The lowest BCUT2D eigenvalue weighted by atomic mass is 10.2. The molecule has 118 valence electrons. The smallest absolute Gasteiger partial charge is 0.192 e. The maximum Gasteiger partial charge on any atom is 0.192 e. The minimum Gasteiger partial charge on any atom is -0.414 e. The molecule has 1 saturated carbocycles. The number of nitrogens with zero attached hydrogens (tertiary/aromatic N) is 1. The molecule has 0 amide bonds. The Hall–Kier alpha value is -1.07. The molecule has 3 N–H and O–H groups in total. The molecule has 0 unspecified atom stereocenters. The third-order valence-electron chi connectivity index (χ3n) is 4.79. The largest absolute Gasteiger partial charge is 0.414 e. The first kappa shape index (κ1) is 16.3. The van der Waals surface area contributed by atoms with Crippen molar-refractivity contribution in [2.45, 2.75) is 70.3 Å². The summed E-state index contributed by atoms with van der Waals surface area (Å²) in [5, 5.41) is 3.77. The molecule has 0 aromatic carbocycles. The van der Waals surface area contributed by atoms with Crippen LogP contribution in [-0.2, 0) is 4.43 Å². The molecule has 0 aliphatic heterocycles. The number of nitrogens with one attached hydrogen (secondary N) is 1. The number of pyridine rings is 1. The summed E-state index contributed by atoms with van der Waals surface area (Å²) in [6, 6.07) is 4.28. The Morgan fingerprint density at radius 3 is 2.57 bits per heavy atom. The topological polar surface area (TPSA) is 60.2 Å². The van der Waals surface area contributed by atoms with E-state index in [4.69, 9.17) is 10.2 Å². The van der Waals surface area contributed by atoms with Crippen LogP contribution < -0.4 is 11.1 Å². The van der Waals surface area contributed by atoms with Crippen molar-refractivity contribution in [2.75, 3.05) is 11.1 Å².